The smallest absolute Gasteiger partial charge is 0.347 e. The first-order valence-electron chi connectivity index (χ1n) is 6.88. The number of aliphatic hydroxyl groups is 1. The SMILES string of the molecule is CC(=O)c1cc2cc(-c3ccccc3)cc(CO)c2oc1=O. The van der Waals surface area contributed by atoms with Crippen LogP contribution in [0.5, 0.6) is 0 Å². The van der Waals surface area contributed by atoms with Crippen molar-refractivity contribution in [1.29, 1.82) is 0 Å². The van der Waals surface area contributed by atoms with E-state index < -0.39 is 5.63 Å². The Morgan fingerprint density at radius 1 is 1.09 bits per heavy atom. The number of rotatable bonds is 3. The van der Waals surface area contributed by atoms with Crippen LogP contribution in [0, 0.1) is 0 Å². The molecule has 4 nitrogen and oxygen atoms in total. The lowest BCUT2D eigenvalue weighted by atomic mass is 9.99. The van der Waals surface area contributed by atoms with Crippen molar-refractivity contribution in [1.82, 2.24) is 0 Å². The van der Waals surface area contributed by atoms with Crippen LogP contribution in [0.1, 0.15) is 22.8 Å². The molecule has 2 aromatic carbocycles. The molecule has 0 spiro atoms. The monoisotopic (exact) mass is 294 g/mol. The minimum absolute atomic E-state index is 0.0154. The molecule has 22 heavy (non-hydrogen) atoms. The summed E-state index contributed by atoms with van der Waals surface area (Å²) in [6.07, 6.45) is 0. The molecule has 0 saturated carbocycles. The van der Waals surface area contributed by atoms with E-state index in [1.165, 1.54) is 13.0 Å². The fourth-order valence-corrected chi connectivity index (χ4v) is 2.47. The van der Waals surface area contributed by atoms with E-state index in [2.05, 4.69) is 0 Å². The number of ketones is 1. The van der Waals surface area contributed by atoms with Gasteiger partial charge >= 0.3 is 5.63 Å². The first-order valence-corrected chi connectivity index (χ1v) is 6.88. The van der Waals surface area contributed by atoms with E-state index in [0.29, 0.717) is 16.5 Å². The summed E-state index contributed by atoms with van der Waals surface area (Å²) in [6.45, 7) is 1.08. The number of hydrogen-bond acceptors (Lipinski definition) is 4. The largest absolute Gasteiger partial charge is 0.422 e. The molecule has 3 aromatic rings. The molecule has 3 rings (SSSR count). The van der Waals surface area contributed by atoms with Crippen LogP contribution in [0.25, 0.3) is 22.1 Å². The quantitative estimate of drug-likeness (QED) is 0.595. The van der Waals surface area contributed by atoms with Crippen molar-refractivity contribution in [3.05, 3.63) is 70.1 Å². The van der Waals surface area contributed by atoms with Crippen molar-refractivity contribution in [2.24, 2.45) is 0 Å². The molecule has 0 bridgehead atoms. The van der Waals surface area contributed by atoms with Gasteiger partial charge in [0.05, 0.1) is 6.61 Å². The van der Waals surface area contributed by atoms with Crippen LogP contribution in [0.4, 0.5) is 0 Å². The Labute approximate surface area is 126 Å². The van der Waals surface area contributed by atoms with Crippen molar-refractivity contribution in [3.63, 3.8) is 0 Å². The first-order chi connectivity index (χ1) is 10.6. The van der Waals surface area contributed by atoms with Gasteiger partial charge < -0.3 is 9.52 Å². The fourth-order valence-electron chi connectivity index (χ4n) is 2.47. The molecule has 4 heteroatoms. The average molecular weight is 294 g/mol. The van der Waals surface area contributed by atoms with Crippen LogP contribution >= 0.6 is 0 Å². The second-order valence-electron chi connectivity index (χ2n) is 5.08. The molecule has 0 aliphatic rings. The maximum atomic E-state index is 11.8. The maximum absolute atomic E-state index is 11.8. The van der Waals surface area contributed by atoms with Gasteiger partial charge in [0.25, 0.3) is 0 Å². The highest BCUT2D eigenvalue weighted by Gasteiger charge is 2.13. The van der Waals surface area contributed by atoms with E-state index in [1.54, 1.807) is 6.07 Å². The number of fused-ring (bicyclic) bond motifs is 1. The molecule has 0 radical (unpaired) electrons. The Bertz CT molecular complexity index is 908. The molecular formula is C18H14O4. The van der Waals surface area contributed by atoms with Crippen molar-refractivity contribution in [3.8, 4) is 11.1 Å². The number of hydrogen-bond donors (Lipinski definition) is 1. The Morgan fingerprint density at radius 3 is 2.45 bits per heavy atom. The molecule has 1 heterocycles. The van der Waals surface area contributed by atoms with Crippen molar-refractivity contribution in [2.75, 3.05) is 0 Å². The standard InChI is InChI=1S/C18H14O4/c1-11(20)16-9-14-7-13(12-5-3-2-4-6-12)8-15(10-19)17(14)22-18(16)21/h2-9,19H,10H2,1H3. The zero-order valence-electron chi connectivity index (χ0n) is 12.0. The van der Waals surface area contributed by atoms with Gasteiger partial charge in [-0.05, 0) is 36.2 Å². The van der Waals surface area contributed by atoms with Gasteiger partial charge in [0.2, 0.25) is 0 Å². The van der Waals surface area contributed by atoms with Gasteiger partial charge in [-0.1, -0.05) is 30.3 Å². The lowest BCUT2D eigenvalue weighted by molar-refractivity contribution is 0.101. The Balaban J connectivity index is 2.32. The summed E-state index contributed by atoms with van der Waals surface area (Å²) in [5.74, 6) is -0.341. The molecule has 1 aromatic heterocycles. The molecule has 0 aliphatic heterocycles. The van der Waals surface area contributed by atoms with Crippen LogP contribution in [0.2, 0.25) is 0 Å². The first kappa shape index (κ1) is 14.2. The van der Waals surface area contributed by atoms with Gasteiger partial charge in [-0.25, -0.2) is 4.79 Å². The molecule has 110 valence electrons. The van der Waals surface area contributed by atoms with Crippen LogP contribution in [-0.2, 0) is 6.61 Å². The Morgan fingerprint density at radius 2 is 1.82 bits per heavy atom. The second-order valence-corrected chi connectivity index (χ2v) is 5.08. The van der Waals surface area contributed by atoms with Crippen molar-refractivity contribution >= 4 is 16.8 Å². The average Bonchev–Trinajstić information content (AvgIpc) is 2.54. The third-order valence-corrected chi connectivity index (χ3v) is 3.57. The minimum atomic E-state index is -0.679. The van der Waals surface area contributed by atoms with E-state index in [1.807, 2.05) is 36.4 Å². The zero-order chi connectivity index (χ0) is 15.7. The third kappa shape index (κ3) is 2.44. The minimum Gasteiger partial charge on any atom is -0.422 e. The van der Waals surface area contributed by atoms with Gasteiger partial charge in [-0.15, -0.1) is 0 Å². The highest BCUT2D eigenvalue weighted by atomic mass is 16.4. The van der Waals surface area contributed by atoms with Crippen LogP contribution in [0.15, 0.2) is 57.7 Å². The summed E-state index contributed by atoms with van der Waals surface area (Å²) in [5.41, 5.74) is 2.04. The molecule has 0 atom stereocenters. The predicted octanol–water partition coefficient (Wildman–Crippen LogP) is 3.15. The molecular weight excluding hydrogens is 280 g/mol. The van der Waals surface area contributed by atoms with Gasteiger partial charge in [-0.3, -0.25) is 4.79 Å². The molecule has 0 fully saturated rings. The van der Waals surface area contributed by atoms with E-state index in [-0.39, 0.29) is 18.0 Å². The summed E-state index contributed by atoms with van der Waals surface area (Å²) >= 11 is 0. The second kappa shape index (κ2) is 5.58. The van der Waals surface area contributed by atoms with Gasteiger partial charge in [0, 0.05) is 10.9 Å². The normalized spacial score (nSPS) is 10.8. The fraction of sp³-hybridized carbons (Fsp3) is 0.111. The van der Waals surface area contributed by atoms with Crippen LogP contribution in [0.3, 0.4) is 0 Å². The molecule has 0 unspecified atom stereocenters. The van der Waals surface area contributed by atoms with Crippen molar-refractivity contribution < 1.29 is 14.3 Å². The number of benzene rings is 2. The molecule has 0 aliphatic carbocycles. The number of carbonyl (C=O) groups is 1. The zero-order valence-corrected chi connectivity index (χ0v) is 12.0. The number of aliphatic hydroxyl groups excluding tert-OH is 1. The third-order valence-electron chi connectivity index (χ3n) is 3.57. The summed E-state index contributed by atoms with van der Waals surface area (Å²) in [6, 6.07) is 14.8. The lowest BCUT2D eigenvalue weighted by Gasteiger charge is -2.08. The number of carbonyl (C=O) groups excluding carboxylic acids is 1. The van der Waals surface area contributed by atoms with Crippen molar-refractivity contribution in [2.45, 2.75) is 13.5 Å². The maximum Gasteiger partial charge on any atom is 0.347 e. The van der Waals surface area contributed by atoms with Crippen LogP contribution in [-0.4, -0.2) is 10.9 Å². The highest BCUT2D eigenvalue weighted by molar-refractivity contribution is 5.97. The summed E-state index contributed by atoms with van der Waals surface area (Å²) in [4.78, 5) is 23.3. The topological polar surface area (TPSA) is 67.5 Å². The van der Waals surface area contributed by atoms with Gasteiger partial charge in [-0.2, -0.15) is 0 Å². The summed E-state index contributed by atoms with van der Waals surface area (Å²) in [5, 5.41) is 10.2. The number of Topliss-reactive ketones (excluding diaryl/α,β-unsaturated/α-hetero) is 1. The lowest BCUT2D eigenvalue weighted by Crippen LogP contribution is -2.11. The predicted molar refractivity (Wildman–Crippen MR) is 83.8 cm³/mol. The Kier molecular flexibility index (Phi) is 3.61. The Hall–Kier alpha value is -2.72. The van der Waals surface area contributed by atoms with Gasteiger partial charge in [0.1, 0.15) is 11.1 Å². The molecule has 1 N–H and O–H groups in total. The molecule has 0 amide bonds. The van der Waals surface area contributed by atoms with E-state index in [9.17, 15) is 14.7 Å². The van der Waals surface area contributed by atoms with Crippen LogP contribution < -0.4 is 5.63 Å². The van der Waals surface area contributed by atoms with E-state index >= 15 is 0 Å². The summed E-state index contributed by atoms with van der Waals surface area (Å²) in [7, 11) is 0. The highest BCUT2D eigenvalue weighted by Crippen LogP contribution is 2.27. The molecule has 0 saturated heterocycles. The van der Waals surface area contributed by atoms with E-state index in [0.717, 1.165) is 11.1 Å². The van der Waals surface area contributed by atoms with Gasteiger partial charge in [0.15, 0.2) is 5.78 Å². The van der Waals surface area contributed by atoms with E-state index in [4.69, 9.17) is 4.42 Å². The summed E-state index contributed by atoms with van der Waals surface area (Å²) < 4.78 is 5.23.